The maximum Gasteiger partial charge on any atom is 0.303 e. The fraction of sp³-hybridized carbons (Fsp3) is 0.320. The second kappa shape index (κ2) is 10.5. The highest BCUT2D eigenvalue weighted by molar-refractivity contribution is 7.87. The van der Waals surface area contributed by atoms with Gasteiger partial charge in [-0.25, -0.2) is 9.73 Å². The first-order chi connectivity index (χ1) is 17.8. The molecule has 12 heteroatoms. The molecule has 0 aliphatic carbocycles. The van der Waals surface area contributed by atoms with Gasteiger partial charge >= 0.3 is 10.2 Å². The zero-order valence-corrected chi connectivity index (χ0v) is 21.5. The van der Waals surface area contributed by atoms with Crippen molar-refractivity contribution in [2.75, 3.05) is 13.1 Å². The highest BCUT2D eigenvalue weighted by Gasteiger charge is 2.34. The number of nitrogens with zero attached hydrogens (tertiary/aromatic N) is 5. The molecule has 0 saturated carbocycles. The molecule has 192 valence electrons. The lowest BCUT2D eigenvalue weighted by Crippen LogP contribution is -2.42. The predicted octanol–water partition coefficient (Wildman–Crippen LogP) is 3.20. The van der Waals surface area contributed by atoms with Gasteiger partial charge in [0.1, 0.15) is 0 Å². The molecule has 1 saturated heterocycles. The molecule has 0 spiro atoms. The van der Waals surface area contributed by atoms with Crippen molar-refractivity contribution >= 4 is 50.4 Å². The molecule has 1 N–H and O–H groups in total. The largest absolute Gasteiger partial charge is 0.303 e. The van der Waals surface area contributed by atoms with E-state index in [-0.39, 0.29) is 18.7 Å². The van der Waals surface area contributed by atoms with Crippen molar-refractivity contribution in [1.29, 1.82) is 0 Å². The molecule has 0 bridgehead atoms. The van der Waals surface area contributed by atoms with Crippen LogP contribution in [0.15, 0.2) is 60.0 Å². The number of nitrogens with one attached hydrogen (secondary N) is 1. The summed E-state index contributed by atoms with van der Waals surface area (Å²) in [6, 6.07) is 12.4. The van der Waals surface area contributed by atoms with Gasteiger partial charge in [0.15, 0.2) is 0 Å². The van der Waals surface area contributed by atoms with Crippen LogP contribution in [-0.4, -0.2) is 58.3 Å². The number of hydrazone groups is 1. The van der Waals surface area contributed by atoms with Crippen LogP contribution in [0.25, 0.3) is 11.0 Å². The highest BCUT2D eigenvalue weighted by Crippen LogP contribution is 2.34. The van der Waals surface area contributed by atoms with Gasteiger partial charge in [-0.15, -0.1) is 0 Å². The summed E-state index contributed by atoms with van der Waals surface area (Å²) in [5.74, 6) is -1.11. The summed E-state index contributed by atoms with van der Waals surface area (Å²) in [6.07, 6.45) is 4.73. The molecule has 1 atom stereocenters. The van der Waals surface area contributed by atoms with Crippen molar-refractivity contribution in [2.45, 2.75) is 38.1 Å². The van der Waals surface area contributed by atoms with E-state index in [2.05, 4.69) is 19.8 Å². The Kier molecular flexibility index (Phi) is 7.18. The number of amides is 2. The lowest BCUT2D eigenvalue weighted by Gasteiger charge is -2.22. The molecular weight excluding hydrogens is 516 g/mol. The van der Waals surface area contributed by atoms with Gasteiger partial charge in [-0.2, -0.15) is 17.8 Å². The molecule has 2 amide bonds. The van der Waals surface area contributed by atoms with Crippen LogP contribution in [0.1, 0.15) is 49.3 Å². The van der Waals surface area contributed by atoms with E-state index in [0.717, 1.165) is 29.5 Å². The van der Waals surface area contributed by atoms with Gasteiger partial charge in [-0.05, 0) is 48.2 Å². The zero-order valence-electron chi connectivity index (χ0n) is 19.9. The average Bonchev–Trinajstić information content (AvgIpc) is 3.59. The lowest BCUT2D eigenvalue weighted by atomic mass is 9.98. The van der Waals surface area contributed by atoms with E-state index in [1.165, 1.54) is 9.31 Å². The Labute approximate surface area is 219 Å². The molecule has 1 unspecified atom stereocenters. The summed E-state index contributed by atoms with van der Waals surface area (Å²) in [6.45, 7) is 0.769. The second-order valence-electron chi connectivity index (χ2n) is 8.95. The van der Waals surface area contributed by atoms with Gasteiger partial charge in [0.2, 0.25) is 11.8 Å². The van der Waals surface area contributed by atoms with Gasteiger partial charge in [0.25, 0.3) is 0 Å². The monoisotopic (exact) mass is 540 g/mol. The number of benzene rings is 2. The van der Waals surface area contributed by atoms with E-state index in [9.17, 15) is 18.0 Å². The number of rotatable bonds is 7. The van der Waals surface area contributed by atoms with E-state index in [1.54, 1.807) is 24.5 Å². The van der Waals surface area contributed by atoms with Crippen LogP contribution in [0.3, 0.4) is 0 Å². The number of aromatic nitrogens is 2. The minimum Gasteiger partial charge on any atom is -0.274 e. The van der Waals surface area contributed by atoms with E-state index >= 15 is 0 Å². The third-order valence-electron chi connectivity index (χ3n) is 6.44. The molecule has 0 radical (unpaired) electrons. The van der Waals surface area contributed by atoms with Crippen molar-refractivity contribution in [2.24, 2.45) is 5.10 Å². The minimum absolute atomic E-state index is 0.192. The van der Waals surface area contributed by atoms with Crippen molar-refractivity contribution in [1.82, 2.24) is 24.0 Å². The highest BCUT2D eigenvalue weighted by atomic mass is 35.5. The van der Waals surface area contributed by atoms with Crippen LogP contribution in [-0.2, 0) is 19.8 Å². The van der Waals surface area contributed by atoms with Crippen LogP contribution in [0.4, 0.5) is 0 Å². The van der Waals surface area contributed by atoms with Gasteiger partial charge in [0, 0.05) is 49.8 Å². The van der Waals surface area contributed by atoms with Gasteiger partial charge in [-0.1, -0.05) is 29.8 Å². The topological polar surface area (TPSA) is 125 Å². The zero-order chi connectivity index (χ0) is 26.0. The van der Waals surface area contributed by atoms with Gasteiger partial charge < -0.3 is 0 Å². The number of hydrogen-bond donors (Lipinski definition) is 1. The first kappa shape index (κ1) is 25.2. The summed E-state index contributed by atoms with van der Waals surface area (Å²) in [7, 11) is -3.89. The molecule has 3 aromatic rings. The number of hydrogen-bond acceptors (Lipinski definition) is 7. The number of halogens is 1. The van der Waals surface area contributed by atoms with E-state index in [0.29, 0.717) is 35.8 Å². The van der Waals surface area contributed by atoms with Crippen LogP contribution < -0.4 is 4.72 Å². The summed E-state index contributed by atoms with van der Waals surface area (Å²) >= 11 is 6.03. The number of fused-ring (bicyclic) bond motifs is 1. The van der Waals surface area contributed by atoms with E-state index in [4.69, 9.17) is 11.6 Å². The van der Waals surface area contributed by atoms with Crippen molar-refractivity contribution < 1.29 is 18.0 Å². The third kappa shape index (κ3) is 5.63. The second-order valence-corrected chi connectivity index (χ2v) is 11.1. The number of carbonyl (C=O) groups excluding carboxylic acids is 2. The van der Waals surface area contributed by atoms with Gasteiger partial charge in [0.05, 0.1) is 22.8 Å². The first-order valence-electron chi connectivity index (χ1n) is 12.0. The molecule has 3 heterocycles. The Balaban J connectivity index is 1.34. The molecule has 37 heavy (non-hydrogen) atoms. The van der Waals surface area contributed by atoms with Crippen molar-refractivity contribution in [3.63, 3.8) is 0 Å². The standard InChI is InChI=1S/C25H25ClN6O4S/c26-19-6-3-17(4-7-19)21-16-23(18-5-8-20-22(15-18)28-12-11-27-20)32(29-21)25(34)10-9-24(33)30-37(35,36)31-13-1-2-14-31/h3-8,11-12,15,23H,1-2,9-10,13-14,16H2,(H,30,33). The molecule has 2 aliphatic rings. The van der Waals surface area contributed by atoms with Crippen LogP contribution in [0, 0.1) is 0 Å². The van der Waals surface area contributed by atoms with Crippen molar-refractivity contribution in [3.8, 4) is 0 Å². The lowest BCUT2D eigenvalue weighted by molar-refractivity contribution is -0.134. The quantitative estimate of drug-likeness (QED) is 0.490. The Morgan fingerprint density at radius 2 is 1.68 bits per heavy atom. The van der Waals surface area contributed by atoms with Crippen molar-refractivity contribution in [3.05, 3.63) is 71.0 Å². The Hall–Kier alpha value is -3.41. The van der Waals surface area contributed by atoms with Crippen LogP contribution >= 0.6 is 11.6 Å². The fourth-order valence-corrected chi connectivity index (χ4v) is 5.91. The minimum atomic E-state index is -3.89. The smallest absolute Gasteiger partial charge is 0.274 e. The van der Waals surface area contributed by atoms with E-state index in [1.807, 2.05) is 30.3 Å². The molecule has 1 fully saturated rings. The summed E-state index contributed by atoms with van der Waals surface area (Å²) < 4.78 is 28.1. The van der Waals surface area contributed by atoms with Crippen LogP contribution in [0.5, 0.6) is 0 Å². The molecular formula is C25H25ClN6O4S. The number of carbonyl (C=O) groups is 2. The molecule has 10 nitrogen and oxygen atoms in total. The Bertz CT molecular complexity index is 1470. The first-order valence-corrected chi connectivity index (χ1v) is 13.8. The third-order valence-corrected chi connectivity index (χ3v) is 8.22. The average molecular weight is 541 g/mol. The summed E-state index contributed by atoms with van der Waals surface area (Å²) in [4.78, 5) is 34.3. The van der Waals surface area contributed by atoms with E-state index < -0.39 is 22.2 Å². The predicted molar refractivity (Wildman–Crippen MR) is 139 cm³/mol. The SMILES string of the molecule is O=C(CCC(=O)N1N=C(c2ccc(Cl)cc2)CC1c1ccc2nccnc2c1)NS(=O)(=O)N1CCCC1. The summed E-state index contributed by atoms with van der Waals surface area (Å²) in [5.41, 5.74) is 3.79. The molecule has 1 aromatic heterocycles. The maximum atomic E-state index is 13.3. The Morgan fingerprint density at radius 3 is 2.41 bits per heavy atom. The molecule has 5 rings (SSSR count). The molecule has 2 aliphatic heterocycles. The fourth-order valence-electron chi connectivity index (χ4n) is 4.53. The van der Waals surface area contributed by atoms with Gasteiger partial charge in [-0.3, -0.25) is 19.6 Å². The normalized spacial score (nSPS) is 18.2. The van der Waals surface area contributed by atoms with Crippen LogP contribution in [0.2, 0.25) is 5.02 Å². The summed E-state index contributed by atoms with van der Waals surface area (Å²) in [5, 5.41) is 6.58. The maximum absolute atomic E-state index is 13.3. The molecule has 2 aromatic carbocycles. The Morgan fingerprint density at radius 1 is 0.973 bits per heavy atom.